The van der Waals surface area contributed by atoms with Gasteiger partial charge in [0.2, 0.25) is 5.95 Å². The first-order valence-corrected chi connectivity index (χ1v) is 24.3. The Bertz CT molecular complexity index is 3900. The summed E-state index contributed by atoms with van der Waals surface area (Å²) in [5, 5.41) is 4.73. The fourth-order valence-corrected chi connectivity index (χ4v) is 12.6. The average molecular weight is 876 g/mol. The lowest BCUT2D eigenvalue weighted by Crippen LogP contribution is -2.21. The van der Waals surface area contributed by atoms with E-state index in [0.717, 1.165) is 62.7 Å². The first-order chi connectivity index (χ1) is 33.7. The van der Waals surface area contributed by atoms with E-state index in [1.54, 1.807) is 0 Å². The lowest BCUT2D eigenvalue weighted by molar-refractivity contribution is 0.265. The molecule has 6 nitrogen and oxygen atoms in total. The van der Waals surface area contributed by atoms with Crippen molar-refractivity contribution in [3.8, 4) is 51.3 Å². The molecule has 2 bridgehead atoms. The van der Waals surface area contributed by atoms with Gasteiger partial charge in [-0.2, -0.15) is 9.97 Å². The summed E-state index contributed by atoms with van der Waals surface area (Å²) in [5.41, 5.74) is 17.0. The molecule has 7 aromatic carbocycles. The molecule has 1 fully saturated rings. The summed E-state index contributed by atoms with van der Waals surface area (Å²) in [5.74, 6) is 3.97. The lowest BCUT2D eigenvalue weighted by Gasteiger charge is -2.25. The van der Waals surface area contributed by atoms with Crippen molar-refractivity contribution < 1.29 is 4.74 Å². The number of fused-ring (bicyclic) bond motifs is 16. The highest BCUT2D eigenvalue weighted by molar-refractivity contribution is 6.19. The molecule has 4 atom stereocenters. The van der Waals surface area contributed by atoms with Gasteiger partial charge in [0.25, 0.3) is 0 Å². The molecular formula is C62H45N5O. The predicted octanol–water partition coefficient (Wildman–Crippen LogP) is 15.0. The molecule has 15 rings (SSSR count). The van der Waals surface area contributed by atoms with E-state index >= 15 is 0 Å². The number of allylic oxidation sites excluding steroid dienone is 6. The Balaban J connectivity index is 0.957. The van der Waals surface area contributed by atoms with Crippen LogP contribution in [-0.4, -0.2) is 30.2 Å². The normalized spacial score (nSPS) is 19.9. The highest BCUT2D eigenvalue weighted by atomic mass is 16.5. The van der Waals surface area contributed by atoms with Crippen molar-refractivity contribution in [2.75, 3.05) is 0 Å². The third-order valence-electron chi connectivity index (χ3n) is 15.7. The number of hydrogen-bond donors (Lipinski definition) is 0. The van der Waals surface area contributed by atoms with Crippen molar-refractivity contribution in [2.24, 2.45) is 0 Å². The van der Waals surface area contributed by atoms with E-state index in [1.165, 1.54) is 74.5 Å². The average Bonchev–Trinajstić information content (AvgIpc) is 4.17. The summed E-state index contributed by atoms with van der Waals surface area (Å²) in [4.78, 5) is 16.4. The highest BCUT2D eigenvalue weighted by Crippen LogP contribution is 2.53. The van der Waals surface area contributed by atoms with E-state index in [9.17, 15) is 0 Å². The number of nitrogens with zero attached hydrogens (tertiary/aromatic N) is 5. The van der Waals surface area contributed by atoms with Gasteiger partial charge in [-0.15, -0.1) is 0 Å². The van der Waals surface area contributed by atoms with Gasteiger partial charge in [-0.1, -0.05) is 134 Å². The third kappa shape index (κ3) is 5.67. The van der Waals surface area contributed by atoms with E-state index in [4.69, 9.17) is 19.7 Å². The van der Waals surface area contributed by atoms with E-state index in [-0.39, 0.29) is 12.0 Å². The van der Waals surface area contributed by atoms with Gasteiger partial charge in [0.05, 0.1) is 28.0 Å². The predicted molar refractivity (Wildman–Crippen MR) is 275 cm³/mol. The molecule has 0 saturated heterocycles. The molecule has 3 unspecified atom stereocenters. The minimum Gasteiger partial charge on any atom is -0.485 e. The van der Waals surface area contributed by atoms with Crippen LogP contribution in [0.5, 0.6) is 5.75 Å². The molecule has 68 heavy (non-hydrogen) atoms. The van der Waals surface area contributed by atoms with Gasteiger partial charge >= 0.3 is 0 Å². The second-order valence-corrected chi connectivity index (χ2v) is 19.3. The fraction of sp³-hybridized carbons (Fsp3) is 0.145. The van der Waals surface area contributed by atoms with Crippen LogP contribution in [0.25, 0.3) is 89.2 Å². The maximum absolute atomic E-state index is 6.82. The van der Waals surface area contributed by atoms with E-state index in [0.29, 0.717) is 29.4 Å². The van der Waals surface area contributed by atoms with Gasteiger partial charge < -0.3 is 9.30 Å². The van der Waals surface area contributed by atoms with Crippen LogP contribution in [0.1, 0.15) is 66.5 Å². The van der Waals surface area contributed by atoms with Crippen LogP contribution < -0.4 is 4.74 Å². The summed E-state index contributed by atoms with van der Waals surface area (Å²) < 4.78 is 11.5. The minimum absolute atomic E-state index is 0.0580. The minimum atomic E-state index is -0.0580. The summed E-state index contributed by atoms with van der Waals surface area (Å²) in [7, 11) is 0. The Kier molecular flexibility index (Phi) is 8.23. The van der Waals surface area contributed by atoms with Crippen molar-refractivity contribution in [1.82, 2.24) is 24.1 Å². The van der Waals surface area contributed by atoms with E-state index in [2.05, 4.69) is 197 Å². The summed E-state index contributed by atoms with van der Waals surface area (Å²) >= 11 is 0. The molecule has 1 aliphatic heterocycles. The molecule has 3 aromatic heterocycles. The Morgan fingerprint density at radius 3 is 2.01 bits per heavy atom. The molecule has 5 aliphatic rings. The van der Waals surface area contributed by atoms with E-state index in [1.807, 2.05) is 0 Å². The number of benzene rings is 7. The topological polar surface area (TPSA) is 57.8 Å². The maximum Gasteiger partial charge on any atom is 0.238 e. The monoisotopic (exact) mass is 875 g/mol. The van der Waals surface area contributed by atoms with E-state index < -0.39 is 0 Å². The van der Waals surface area contributed by atoms with Crippen molar-refractivity contribution in [1.29, 1.82) is 0 Å². The van der Waals surface area contributed by atoms with Crippen molar-refractivity contribution >= 4 is 43.6 Å². The Morgan fingerprint density at radius 1 is 0.515 bits per heavy atom. The van der Waals surface area contributed by atoms with Crippen molar-refractivity contribution in [3.63, 3.8) is 0 Å². The maximum atomic E-state index is 6.82. The van der Waals surface area contributed by atoms with Gasteiger partial charge in [-0.05, 0) is 132 Å². The van der Waals surface area contributed by atoms with Crippen LogP contribution in [0.3, 0.4) is 0 Å². The molecule has 0 amide bonds. The van der Waals surface area contributed by atoms with Crippen molar-refractivity contribution in [2.45, 2.75) is 56.0 Å². The molecule has 4 heterocycles. The number of hydrogen-bond acceptors (Lipinski definition) is 4. The SMILES string of the molecule is C1=CCCC(C2=CC=CC3Oc4cc(-c5nc(-c6ccc7c(c6)[C@@H]6CCC(C6)c6ccccc6-7)nc(-n6c7ccccc7c7cc8c9ccccc9n(-c9ccccc9)c8cc76)n5)ccc4C23)=C1. The zero-order valence-electron chi connectivity index (χ0n) is 37.4. The zero-order chi connectivity index (χ0) is 44.5. The number of ether oxygens (including phenoxy) is 1. The molecule has 6 heteroatoms. The number of para-hydroxylation sites is 3. The fourth-order valence-electron chi connectivity index (χ4n) is 12.6. The van der Waals surface area contributed by atoms with Gasteiger partial charge in [-0.25, -0.2) is 4.98 Å². The van der Waals surface area contributed by atoms with Gasteiger partial charge in [-0.3, -0.25) is 4.57 Å². The molecule has 324 valence electrons. The molecule has 0 radical (unpaired) electrons. The first-order valence-electron chi connectivity index (χ1n) is 24.3. The Labute approximate surface area is 393 Å². The van der Waals surface area contributed by atoms with Crippen LogP contribution >= 0.6 is 0 Å². The number of rotatable bonds is 5. The molecule has 10 aromatic rings. The van der Waals surface area contributed by atoms with Crippen LogP contribution in [0.2, 0.25) is 0 Å². The number of aromatic nitrogens is 5. The lowest BCUT2D eigenvalue weighted by atomic mass is 9.79. The molecule has 0 spiro atoms. The summed E-state index contributed by atoms with van der Waals surface area (Å²) in [6, 6.07) is 55.4. The molecule has 4 aliphatic carbocycles. The highest BCUT2D eigenvalue weighted by Gasteiger charge is 2.38. The first kappa shape index (κ1) is 38.1. The smallest absolute Gasteiger partial charge is 0.238 e. The van der Waals surface area contributed by atoms with Crippen LogP contribution in [-0.2, 0) is 0 Å². The van der Waals surface area contributed by atoms with Crippen LogP contribution in [0.4, 0.5) is 0 Å². The van der Waals surface area contributed by atoms with Crippen LogP contribution in [0, 0.1) is 0 Å². The van der Waals surface area contributed by atoms with Gasteiger partial charge in [0.15, 0.2) is 11.6 Å². The molecular weight excluding hydrogens is 831 g/mol. The quantitative estimate of drug-likeness (QED) is 0.173. The Morgan fingerprint density at radius 2 is 1.21 bits per heavy atom. The second-order valence-electron chi connectivity index (χ2n) is 19.3. The standard InChI is InChI=1S/C62H45N5O/c1-3-14-37(15-4-1)44-22-13-25-57-59(44)49-31-29-41(34-58(49)68-57)61-63-60(40-28-30-46-45-19-8-7-18-43(45)38-26-27-39(32-38)50(46)33-40)64-62(65-61)67-54-24-12-10-21-48(54)52-35-51-47-20-9-11-23-53(47)66(55(51)36-56(52)67)42-16-5-2-6-17-42/h1-3,5-14,16-25,28-31,33-36,38-39,57,59H,4,15,26-27,32H2/t38?,39-,57?,59?/m1/s1. The summed E-state index contributed by atoms with van der Waals surface area (Å²) in [6.07, 6.45) is 19.0. The van der Waals surface area contributed by atoms with Crippen LogP contribution in [0.15, 0.2) is 199 Å². The molecule has 0 N–H and O–H groups in total. The molecule has 1 saturated carbocycles. The summed E-state index contributed by atoms with van der Waals surface area (Å²) in [6.45, 7) is 0. The van der Waals surface area contributed by atoms with Gasteiger partial charge in [0, 0.05) is 43.9 Å². The largest absolute Gasteiger partial charge is 0.485 e. The van der Waals surface area contributed by atoms with Crippen molar-refractivity contribution in [3.05, 3.63) is 216 Å². The second kappa shape index (κ2) is 14.7. The zero-order valence-corrected chi connectivity index (χ0v) is 37.4. The van der Waals surface area contributed by atoms with Gasteiger partial charge in [0.1, 0.15) is 11.9 Å². The third-order valence-corrected chi connectivity index (χ3v) is 15.7. The Hall–Kier alpha value is -8.09.